The molecule has 0 saturated heterocycles. The predicted molar refractivity (Wildman–Crippen MR) is 45.3 cm³/mol. The second-order valence-corrected chi connectivity index (χ2v) is 2.12. The Morgan fingerprint density at radius 2 is 1.75 bits per heavy atom. The van der Waals surface area contributed by atoms with E-state index in [9.17, 15) is 9.59 Å². The van der Waals surface area contributed by atoms with Gasteiger partial charge in [0.05, 0.1) is 0 Å². The molecule has 0 amide bonds. The lowest BCUT2D eigenvalue weighted by Crippen LogP contribution is -1.96. The molecular formula is C9H10O3. The van der Waals surface area contributed by atoms with Crippen molar-refractivity contribution in [2.45, 2.75) is 6.92 Å². The van der Waals surface area contributed by atoms with Crippen molar-refractivity contribution in [1.29, 1.82) is 0 Å². The minimum atomic E-state index is -0.579. The number of allylic oxidation sites excluding steroid dienone is 2. The number of hydrogen-bond acceptors (Lipinski definition) is 3. The molecule has 0 aromatic rings. The van der Waals surface area contributed by atoms with Gasteiger partial charge in [0, 0.05) is 12.2 Å². The van der Waals surface area contributed by atoms with Gasteiger partial charge in [0.15, 0.2) is 0 Å². The van der Waals surface area contributed by atoms with Gasteiger partial charge in [-0.05, 0) is 6.92 Å². The maximum atomic E-state index is 9.92. The third-order valence-electron chi connectivity index (χ3n) is 0.905. The fourth-order valence-corrected chi connectivity index (χ4v) is 0.303. The monoisotopic (exact) mass is 166 g/mol. The number of rotatable bonds is 1. The van der Waals surface area contributed by atoms with Crippen LogP contribution >= 0.6 is 0 Å². The molecule has 0 atom stereocenters. The van der Waals surface area contributed by atoms with E-state index in [2.05, 4.69) is 17.9 Å². The van der Waals surface area contributed by atoms with Crippen LogP contribution < -0.4 is 0 Å². The highest BCUT2D eigenvalue weighted by Crippen LogP contribution is 1.92. The van der Waals surface area contributed by atoms with Gasteiger partial charge in [-0.15, -0.1) is 0 Å². The number of cyclic esters (lactones) is 2. The molecule has 1 aliphatic heterocycles. The van der Waals surface area contributed by atoms with Crippen LogP contribution in [-0.4, -0.2) is 11.9 Å². The van der Waals surface area contributed by atoms with Crippen LogP contribution in [0.2, 0.25) is 0 Å². The lowest BCUT2D eigenvalue weighted by atomic mass is 10.4. The zero-order valence-electron chi connectivity index (χ0n) is 6.87. The molecule has 0 saturated carbocycles. The molecule has 64 valence electrons. The predicted octanol–water partition coefficient (Wildman–Crippen LogP) is 1.37. The molecule has 0 aliphatic carbocycles. The zero-order valence-corrected chi connectivity index (χ0v) is 6.87. The topological polar surface area (TPSA) is 43.4 Å². The van der Waals surface area contributed by atoms with Crippen molar-refractivity contribution in [3.8, 4) is 0 Å². The lowest BCUT2D eigenvalue weighted by molar-refractivity contribution is -0.150. The normalized spacial score (nSPS) is 13.1. The fraction of sp³-hybridized carbons (Fsp3) is 0.111. The molecule has 0 aromatic heterocycles. The summed E-state index contributed by atoms with van der Waals surface area (Å²) in [5, 5.41) is 0. The van der Waals surface area contributed by atoms with Crippen LogP contribution in [-0.2, 0) is 14.3 Å². The molecule has 0 fully saturated rings. The first-order chi connectivity index (χ1) is 5.56. The lowest BCUT2D eigenvalue weighted by Gasteiger charge is -1.80. The van der Waals surface area contributed by atoms with Crippen molar-refractivity contribution >= 4 is 11.9 Å². The van der Waals surface area contributed by atoms with Crippen molar-refractivity contribution in [2.24, 2.45) is 0 Å². The summed E-state index contributed by atoms with van der Waals surface area (Å²) in [7, 11) is 0. The third kappa shape index (κ3) is 5.17. The standard InChI is InChI=1S/C5H8.C4H2O3/c1-4-5(2)3;5-3-1-2-4(6)7-3/h4H,1-2H2,3H3;1-2H. The summed E-state index contributed by atoms with van der Waals surface area (Å²) < 4.78 is 3.97. The summed E-state index contributed by atoms with van der Waals surface area (Å²) in [5.41, 5.74) is 1.02. The Kier molecular flexibility index (Phi) is 4.38. The maximum Gasteiger partial charge on any atom is 0.338 e. The zero-order chi connectivity index (χ0) is 9.56. The highest BCUT2D eigenvalue weighted by molar-refractivity contribution is 6.04. The van der Waals surface area contributed by atoms with Gasteiger partial charge in [-0.2, -0.15) is 0 Å². The molecule has 3 heteroatoms. The van der Waals surface area contributed by atoms with E-state index in [1.165, 1.54) is 0 Å². The largest absolute Gasteiger partial charge is 0.387 e. The van der Waals surface area contributed by atoms with Crippen molar-refractivity contribution in [2.75, 3.05) is 0 Å². The van der Waals surface area contributed by atoms with Gasteiger partial charge in [0.2, 0.25) is 0 Å². The Hall–Kier alpha value is -1.64. The average molecular weight is 166 g/mol. The summed E-state index contributed by atoms with van der Waals surface area (Å²) in [6.45, 7) is 8.93. The first-order valence-electron chi connectivity index (χ1n) is 3.28. The van der Waals surface area contributed by atoms with E-state index in [0.717, 1.165) is 17.7 Å². The Morgan fingerprint density at radius 3 is 1.83 bits per heavy atom. The Balaban J connectivity index is 0.000000217. The molecule has 1 rings (SSSR count). The molecular weight excluding hydrogens is 156 g/mol. The van der Waals surface area contributed by atoms with E-state index >= 15 is 0 Å². The number of esters is 2. The molecule has 12 heavy (non-hydrogen) atoms. The first kappa shape index (κ1) is 10.4. The minimum Gasteiger partial charge on any atom is -0.387 e. The van der Waals surface area contributed by atoms with Gasteiger partial charge >= 0.3 is 11.9 Å². The van der Waals surface area contributed by atoms with E-state index in [4.69, 9.17) is 0 Å². The summed E-state index contributed by atoms with van der Waals surface area (Å²) in [6, 6.07) is 0. The quantitative estimate of drug-likeness (QED) is 0.335. The van der Waals surface area contributed by atoms with Crippen molar-refractivity contribution in [1.82, 2.24) is 0 Å². The van der Waals surface area contributed by atoms with Crippen LogP contribution in [0.1, 0.15) is 6.92 Å². The average Bonchev–Trinajstić information content (AvgIpc) is 2.36. The van der Waals surface area contributed by atoms with Crippen LogP contribution in [0.5, 0.6) is 0 Å². The number of hydrogen-bond donors (Lipinski definition) is 0. The smallest absolute Gasteiger partial charge is 0.338 e. The van der Waals surface area contributed by atoms with E-state index in [1.54, 1.807) is 6.08 Å². The Bertz CT molecular complexity index is 232. The van der Waals surface area contributed by atoms with Gasteiger partial charge in [0.25, 0.3) is 0 Å². The second kappa shape index (κ2) is 5.07. The highest BCUT2D eigenvalue weighted by atomic mass is 16.6. The van der Waals surface area contributed by atoms with Crippen LogP contribution in [0.15, 0.2) is 37.0 Å². The molecule has 0 spiro atoms. The minimum absolute atomic E-state index is 0.579. The molecule has 0 bridgehead atoms. The Labute approximate surface area is 71.0 Å². The van der Waals surface area contributed by atoms with Crippen molar-refractivity contribution < 1.29 is 14.3 Å². The van der Waals surface area contributed by atoms with Gasteiger partial charge < -0.3 is 4.74 Å². The molecule has 1 heterocycles. The molecule has 0 aromatic carbocycles. The summed E-state index contributed by atoms with van der Waals surface area (Å²) in [6.07, 6.45) is 3.89. The summed E-state index contributed by atoms with van der Waals surface area (Å²) >= 11 is 0. The summed E-state index contributed by atoms with van der Waals surface area (Å²) in [4.78, 5) is 19.8. The summed E-state index contributed by atoms with van der Waals surface area (Å²) in [5.74, 6) is -1.16. The second-order valence-electron chi connectivity index (χ2n) is 2.12. The third-order valence-corrected chi connectivity index (χ3v) is 0.905. The van der Waals surface area contributed by atoms with Gasteiger partial charge in [0.1, 0.15) is 0 Å². The van der Waals surface area contributed by atoms with Gasteiger partial charge in [-0.1, -0.05) is 24.8 Å². The van der Waals surface area contributed by atoms with Crippen molar-refractivity contribution in [3.63, 3.8) is 0 Å². The molecule has 1 aliphatic rings. The number of ether oxygens (including phenoxy) is 1. The maximum absolute atomic E-state index is 9.92. The van der Waals surface area contributed by atoms with E-state index < -0.39 is 11.9 Å². The highest BCUT2D eigenvalue weighted by Gasteiger charge is 2.10. The molecule has 3 nitrogen and oxygen atoms in total. The molecule has 0 radical (unpaired) electrons. The SMILES string of the molecule is C=CC(=C)C.O=C1C=CC(=O)O1. The van der Waals surface area contributed by atoms with Crippen LogP contribution in [0.3, 0.4) is 0 Å². The van der Waals surface area contributed by atoms with Crippen LogP contribution in [0.4, 0.5) is 0 Å². The number of carbonyl (C=O) groups excluding carboxylic acids is 2. The van der Waals surface area contributed by atoms with E-state index in [0.29, 0.717) is 0 Å². The van der Waals surface area contributed by atoms with E-state index in [-0.39, 0.29) is 0 Å². The first-order valence-corrected chi connectivity index (χ1v) is 3.28. The van der Waals surface area contributed by atoms with Gasteiger partial charge in [-0.25, -0.2) is 9.59 Å². The molecule has 0 unspecified atom stereocenters. The van der Waals surface area contributed by atoms with Crippen LogP contribution in [0, 0.1) is 0 Å². The van der Waals surface area contributed by atoms with Gasteiger partial charge in [-0.3, -0.25) is 0 Å². The van der Waals surface area contributed by atoms with E-state index in [1.807, 2.05) is 6.92 Å². The van der Waals surface area contributed by atoms with Crippen molar-refractivity contribution in [3.05, 3.63) is 37.0 Å². The number of carbonyl (C=O) groups is 2. The molecule has 0 N–H and O–H groups in total. The van der Waals surface area contributed by atoms with Crippen LogP contribution in [0.25, 0.3) is 0 Å². The fourth-order valence-electron chi connectivity index (χ4n) is 0.303. The Morgan fingerprint density at radius 1 is 1.42 bits per heavy atom.